The maximum absolute atomic E-state index is 10.7. The van der Waals surface area contributed by atoms with Crippen molar-refractivity contribution in [3.8, 4) is 5.69 Å². The SMILES string of the molecule is O=CNc1nn(-c2ccccc2)cc1[N+](=O)[O-]. The summed E-state index contributed by atoms with van der Waals surface area (Å²) in [5, 5.41) is 16.9. The molecule has 0 aliphatic carbocycles. The Morgan fingerprint density at radius 3 is 2.65 bits per heavy atom. The third-order valence-corrected chi connectivity index (χ3v) is 2.11. The molecule has 0 aliphatic rings. The van der Waals surface area contributed by atoms with Gasteiger partial charge in [0.05, 0.1) is 10.6 Å². The Labute approximate surface area is 95.8 Å². The number of hydrogen-bond acceptors (Lipinski definition) is 4. The Bertz CT molecular complexity index is 550. The molecule has 17 heavy (non-hydrogen) atoms. The second kappa shape index (κ2) is 4.44. The number of amides is 1. The first-order chi connectivity index (χ1) is 8.22. The van der Waals surface area contributed by atoms with Crippen molar-refractivity contribution >= 4 is 17.9 Å². The van der Waals surface area contributed by atoms with E-state index in [1.54, 1.807) is 24.3 Å². The Balaban J connectivity index is 2.47. The number of aromatic nitrogens is 2. The molecule has 86 valence electrons. The highest BCUT2D eigenvalue weighted by Crippen LogP contribution is 2.23. The van der Waals surface area contributed by atoms with Crippen molar-refractivity contribution in [1.29, 1.82) is 0 Å². The topological polar surface area (TPSA) is 90.1 Å². The third-order valence-electron chi connectivity index (χ3n) is 2.11. The number of carbonyl (C=O) groups is 1. The van der Waals surface area contributed by atoms with Gasteiger partial charge in [0.2, 0.25) is 12.2 Å². The molecule has 1 aromatic carbocycles. The third kappa shape index (κ3) is 2.12. The van der Waals surface area contributed by atoms with Gasteiger partial charge in [-0.05, 0) is 12.1 Å². The zero-order valence-corrected chi connectivity index (χ0v) is 8.61. The molecule has 0 saturated heterocycles. The summed E-state index contributed by atoms with van der Waals surface area (Å²) in [6.45, 7) is 0. The molecule has 1 aromatic heterocycles. The first-order valence-corrected chi connectivity index (χ1v) is 4.72. The second-order valence-corrected chi connectivity index (χ2v) is 3.16. The summed E-state index contributed by atoms with van der Waals surface area (Å²) in [4.78, 5) is 20.5. The highest BCUT2D eigenvalue weighted by atomic mass is 16.6. The summed E-state index contributed by atoms with van der Waals surface area (Å²) in [5.41, 5.74) is 0.426. The van der Waals surface area contributed by atoms with Crippen LogP contribution in [0.3, 0.4) is 0 Å². The van der Waals surface area contributed by atoms with Crippen LogP contribution in [0.2, 0.25) is 0 Å². The van der Waals surface area contributed by atoms with Gasteiger partial charge in [-0.2, -0.15) is 0 Å². The molecule has 0 unspecified atom stereocenters. The lowest BCUT2D eigenvalue weighted by Crippen LogP contribution is -1.99. The molecule has 0 bridgehead atoms. The molecule has 7 nitrogen and oxygen atoms in total. The van der Waals surface area contributed by atoms with Crippen molar-refractivity contribution in [1.82, 2.24) is 9.78 Å². The number of nitrogens with one attached hydrogen (secondary N) is 1. The zero-order chi connectivity index (χ0) is 12.3. The van der Waals surface area contributed by atoms with Crippen LogP contribution in [0.5, 0.6) is 0 Å². The molecular weight excluding hydrogens is 224 g/mol. The first kappa shape index (κ1) is 10.8. The van der Waals surface area contributed by atoms with E-state index < -0.39 is 4.92 Å². The lowest BCUT2D eigenvalue weighted by Gasteiger charge is -1.97. The van der Waals surface area contributed by atoms with Gasteiger partial charge in [-0.25, -0.2) is 4.68 Å². The van der Waals surface area contributed by atoms with E-state index in [9.17, 15) is 14.9 Å². The van der Waals surface area contributed by atoms with E-state index in [1.165, 1.54) is 10.9 Å². The van der Waals surface area contributed by atoms with E-state index >= 15 is 0 Å². The molecule has 0 fully saturated rings. The minimum absolute atomic E-state index is 0.0751. The lowest BCUT2D eigenvalue weighted by molar-refractivity contribution is -0.384. The van der Waals surface area contributed by atoms with Crippen molar-refractivity contribution in [2.24, 2.45) is 0 Å². The minimum Gasteiger partial charge on any atom is -0.306 e. The number of nitrogens with zero attached hydrogens (tertiary/aromatic N) is 3. The molecule has 2 aromatic rings. The lowest BCUT2D eigenvalue weighted by atomic mass is 10.3. The van der Waals surface area contributed by atoms with Gasteiger partial charge >= 0.3 is 5.69 Å². The normalized spacial score (nSPS) is 9.88. The number of hydrogen-bond donors (Lipinski definition) is 1. The summed E-state index contributed by atoms with van der Waals surface area (Å²) in [5.74, 6) is -0.0751. The molecule has 7 heteroatoms. The summed E-state index contributed by atoms with van der Waals surface area (Å²) in [7, 11) is 0. The maximum atomic E-state index is 10.7. The second-order valence-electron chi connectivity index (χ2n) is 3.16. The largest absolute Gasteiger partial charge is 0.331 e. The smallest absolute Gasteiger partial charge is 0.306 e. The van der Waals surface area contributed by atoms with Crippen molar-refractivity contribution in [3.63, 3.8) is 0 Å². The van der Waals surface area contributed by atoms with Crippen molar-refractivity contribution < 1.29 is 9.72 Å². The van der Waals surface area contributed by atoms with E-state index in [2.05, 4.69) is 10.4 Å². The molecule has 2 rings (SSSR count). The van der Waals surface area contributed by atoms with Crippen LogP contribution in [0, 0.1) is 10.1 Å². The highest BCUT2D eigenvalue weighted by molar-refractivity contribution is 5.74. The fourth-order valence-corrected chi connectivity index (χ4v) is 1.37. The summed E-state index contributed by atoms with van der Waals surface area (Å²) in [6, 6.07) is 8.90. The van der Waals surface area contributed by atoms with Crippen molar-refractivity contribution in [2.45, 2.75) is 0 Å². The van der Waals surface area contributed by atoms with Gasteiger partial charge in [0.1, 0.15) is 6.20 Å². The van der Waals surface area contributed by atoms with Gasteiger partial charge in [0, 0.05) is 0 Å². The average molecular weight is 232 g/mol. The van der Waals surface area contributed by atoms with E-state index in [-0.39, 0.29) is 11.5 Å². The minimum atomic E-state index is -0.599. The molecule has 0 saturated carbocycles. The van der Waals surface area contributed by atoms with Crippen LogP contribution >= 0.6 is 0 Å². The van der Waals surface area contributed by atoms with Crippen LogP contribution in [0.4, 0.5) is 11.5 Å². The van der Waals surface area contributed by atoms with Gasteiger partial charge in [0.25, 0.3) is 0 Å². The predicted molar refractivity (Wildman–Crippen MR) is 59.9 cm³/mol. The molecule has 1 amide bonds. The summed E-state index contributed by atoms with van der Waals surface area (Å²) >= 11 is 0. The average Bonchev–Trinajstić information content (AvgIpc) is 2.75. The standard InChI is InChI=1S/C10H8N4O3/c15-7-11-10-9(14(16)17)6-13(12-10)8-4-2-1-3-5-8/h1-7H,(H,11,12,15). The van der Waals surface area contributed by atoms with Crippen LogP contribution in [0.25, 0.3) is 5.69 Å². The molecule has 0 atom stereocenters. The van der Waals surface area contributed by atoms with Crippen LogP contribution in [0.1, 0.15) is 0 Å². The van der Waals surface area contributed by atoms with Crippen LogP contribution < -0.4 is 5.32 Å². The number of para-hydroxylation sites is 1. The van der Waals surface area contributed by atoms with E-state index in [4.69, 9.17) is 0 Å². The summed E-state index contributed by atoms with van der Waals surface area (Å²) in [6.07, 6.45) is 1.60. The summed E-state index contributed by atoms with van der Waals surface area (Å²) < 4.78 is 1.34. The fourth-order valence-electron chi connectivity index (χ4n) is 1.37. The highest BCUT2D eigenvalue weighted by Gasteiger charge is 2.19. The number of rotatable bonds is 4. The fraction of sp³-hybridized carbons (Fsp3) is 0. The molecule has 1 heterocycles. The Hall–Kier alpha value is -2.70. The number of nitro groups is 1. The molecule has 0 radical (unpaired) electrons. The number of benzene rings is 1. The number of anilines is 1. The quantitative estimate of drug-likeness (QED) is 0.489. The van der Waals surface area contributed by atoms with Crippen LogP contribution in [0.15, 0.2) is 36.5 Å². The molecule has 0 aliphatic heterocycles. The zero-order valence-electron chi connectivity index (χ0n) is 8.61. The number of carbonyl (C=O) groups excluding carboxylic acids is 1. The van der Waals surface area contributed by atoms with Gasteiger partial charge in [0.15, 0.2) is 0 Å². The van der Waals surface area contributed by atoms with Crippen LogP contribution in [-0.4, -0.2) is 21.1 Å². The van der Waals surface area contributed by atoms with E-state index in [1.807, 2.05) is 6.07 Å². The van der Waals surface area contributed by atoms with Gasteiger partial charge in [-0.3, -0.25) is 14.9 Å². The Kier molecular flexibility index (Phi) is 2.82. The van der Waals surface area contributed by atoms with Gasteiger partial charge in [-0.1, -0.05) is 18.2 Å². The molecule has 1 N–H and O–H groups in total. The molecular formula is C10H8N4O3. The molecule has 0 spiro atoms. The van der Waals surface area contributed by atoms with Crippen LogP contribution in [-0.2, 0) is 4.79 Å². The first-order valence-electron chi connectivity index (χ1n) is 4.72. The van der Waals surface area contributed by atoms with Crippen molar-refractivity contribution in [3.05, 3.63) is 46.6 Å². The van der Waals surface area contributed by atoms with Crippen molar-refractivity contribution in [2.75, 3.05) is 5.32 Å². The Morgan fingerprint density at radius 2 is 2.06 bits per heavy atom. The maximum Gasteiger partial charge on any atom is 0.331 e. The predicted octanol–water partition coefficient (Wildman–Crippen LogP) is 1.35. The van der Waals surface area contributed by atoms with Gasteiger partial charge in [-0.15, -0.1) is 5.10 Å². The van der Waals surface area contributed by atoms with E-state index in [0.29, 0.717) is 12.1 Å². The Morgan fingerprint density at radius 1 is 1.35 bits per heavy atom. The monoisotopic (exact) mass is 232 g/mol. The van der Waals surface area contributed by atoms with E-state index in [0.717, 1.165) is 0 Å². The van der Waals surface area contributed by atoms with Gasteiger partial charge < -0.3 is 5.32 Å².